The predicted molar refractivity (Wildman–Crippen MR) is 119 cm³/mol. The first kappa shape index (κ1) is 22.2. The zero-order valence-electron chi connectivity index (χ0n) is 16.9. The van der Waals surface area contributed by atoms with E-state index in [1.54, 1.807) is 0 Å². The Balaban J connectivity index is 0.00000280. The predicted octanol–water partition coefficient (Wildman–Crippen LogP) is 4.72. The summed E-state index contributed by atoms with van der Waals surface area (Å²) in [5.74, 6) is 0.0398. The van der Waals surface area contributed by atoms with Gasteiger partial charge in [-0.1, -0.05) is 66.2 Å². The molecule has 1 aliphatic carbocycles. The summed E-state index contributed by atoms with van der Waals surface area (Å²) in [5, 5.41) is 3.03. The smallest absolute Gasteiger partial charge is 0.243 e. The molecular weight excluding hydrogens is 368 g/mol. The number of halogens is 1. The Morgan fingerprint density at radius 2 is 1.57 bits per heavy atom. The summed E-state index contributed by atoms with van der Waals surface area (Å²) in [6.45, 7) is 0.679. The molecule has 1 amide bonds. The Labute approximate surface area is 175 Å². The third-order valence-electron chi connectivity index (χ3n) is 5.78. The molecule has 0 bridgehead atoms. The van der Waals surface area contributed by atoms with Crippen molar-refractivity contribution in [2.24, 2.45) is 0 Å². The summed E-state index contributed by atoms with van der Waals surface area (Å²) in [5.41, 5.74) is 3.96. The first-order chi connectivity index (χ1) is 13.1. The number of carbonyl (C=O) groups is 1. The number of benzene rings is 2. The molecule has 0 heterocycles. The van der Waals surface area contributed by atoms with Crippen LogP contribution in [0, 0.1) is 0 Å². The Morgan fingerprint density at radius 3 is 2.14 bits per heavy atom. The Kier molecular flexibility index (Phi) is 8.28. The van der Waals surface area contributed by atoms with Crippen LogP contribution >= 0.6 is 12.4 Å². The van der Waals surface area contributed by atoms with Gasteiger partial charge >= 0.3 is 0 Å². The largest absolute Gasteiger partial charge is 0.352 e. The molecule has 0 radical (unpaired) electrons. The highest BCUT2D eigenvalue weighted by molar-refractivity contribution is 5.88. The van der Waals surface area contributed by atoms with Gasteiger partial charge in [-0.2, -0.15) is 0 Å². The number of rotatable bonds is 6. The van der Waals surface area contributed by atoms with E-state index in [2.05, 4.69) is 66.8 Å². The molecule has 1 saturated carbocycles. The summed E-state index contributed by atoms with van der Waals surface area (Å²) in [4.78, 5) is 14.6. The molecule has 2 aromatic rings. The Bertz CT molecular complexity index is 762. The monoisotopic (exact) mass is 398 g/mol. The van der Waals surface area contributed by atoms with Crippen LogP contribution in [0.3, 0.4) is 0 Å². The molecule has 0 atom stereocenters. The molecule has 150 valence electrons. The highest BCUT2D eigenvalue weighted by atomic mass is 35.5. The van der Waals surface area contributed by atoms with E-state index in [0.717, 1.165) is 32.1 Å². The van der Waals surface area contributed by atoms with Crippen molar-refractivity contribution >= 4 is 18.3 Å². The summed E-state index contributed by atoms with van der Waals surface area (Å²) >= 11 is 0. The molecule has 0 spiro atoms. The minimum atomic E-state index is 0. The van der Waals surface area contributed by atoms with E-state index in [-0.39, 0.29) is 23.9 Å². The van der Waals surface area contributed by atoms with Gasteiger partial charge in [0.2, 0.25) is 5.91 Å². The highest BCUT2D eigenvalue weighted by Crippen LogP contribution is 2.42. The van der Waals surface area contributed by atoms with Crippen LogP contribution in [0.4, 0.5) is 0 Å². The number of allylic oxidation sites excluding steroid dienone is 1. The van der Waals surface area contributed by atoms with E-state index < -0.39 is 0 Å². The summed E-state index contributed by atoms with van der Waals surface area (Å²) in [6, 6.07) is 21.0. The van der Waals surface area contributed by atoms with Gasteiger partial charge < -0.3 is 5.32 Å². The second-order valence-corrected chi connectivity index (χ2v) is 7.62. The average molecular weight is 399 g/mol. The van der Waals surface area contributed by atoms with Gasteiger partial charge in [0.25, 0.3) is 0 Å². The van der Waals surface area contributed by atoms with Gasteiger partial charge in [0.05, 0.1) is 0 Å². The lowest BCUT2D eigenvalue weighted by atomic mass is 9.74. The van der Waals surface area contributed by atoms with Crippen LogP contribution < -0.4 is 5.32 Å². The van der Waals surface area contributed by atoms with Crippen molar-refractivity contribution in [1.82, 2.24) is 10.2 Å². The van der Waals surface area contributed by atoms with E-state index in [9.17, 15) is 4.79 Å². The van der Waals surface area contributed by atoms with Gasteiger partial charge in [-0.15, -0.1) is 12.4 Å². The van der Waals surface area contributed by atoms with Crippen LogP contribution in [0.1, 0.15) is 36.8 Å². The van der Waals surface area contributed by atoms with Crippen molar-refractivity contribution in [3.63, 3.8) is 0 Å². The van der Waals surface area contributed by atoms with Crippen LogP contribution in [-0.4, -0.2) is 31.4 Å². The normalized spacial score (nSPS) is 19.0. The summed E-state index contributed by atoms with van der Waals surface area (Å²) in [7, 11) is 4.33. The molecule has 1 fully saturated rings. The van der Waals surface area contributed by atoms with Crippen LogP contribution in [0.2, 0.25) is 0 Å². The number of carbonyl (C=O) groups excluding carboxylic acids is 1. The minimum Gasteiger partial charge on any atom is -0.352 e. The van der Waals surface area contributed by atoms with Crippen molar-refractivity contribution in [1.29, 1.82) is 0 Å². The average Bonchev–Trinajstić information content (AvgIpc) is 2.70. The number of amides is 1. The molecular formula is C24H31ClN2O. The first-order valence-corrected chi connectivity index (χ1v) is 9.84. The zero-order chi connectivity index (χ0) is 19.1. The van der Waals surface area contributed by atoms with Crippen molar-refractivity contribution in [2.45, 2.75) is 37.6 Å². The van der Waals surface area contributed by atoms with Crippen LogP contribution in [-0.2, 0) is 16.8 Å². The Hall–Kier alpha value is -2.10. The van der Waals surface area contributed by atoms with Gasteiger partial charge in [0.1, 0.15) is 0 Å². The van der Waals surface area contributed by atoms with Gasteiger partial charge in [-0.05, 0) is 57.3 Å². The topological polar surface area (TPSA) is 32.3 Å². The second kappa shape index (κ2) is 10.4. The van der Waals surface area contributed by atoms with Gasteiger partial charge in [0, 0.05) is 18.2 Å². The van der Waals surface area contributed by atoms with Gasteiger partial charge in [-0.3, -0.25) is 9.69 Å². The molecule has 1 N–H and O–H groups in total. The summed E-state index contributed by atoms with van der Waals surface area (Å²) in [6.07, 6.45) is 6.74. The molecule has 0 aliphatic heterocycles. The third-order valence-corrected chi connectivity index (χ3v) is 5.78. The fourth-order valence-corrected chi connectivity index (χ4v) is 4.08. The van der Waals surface area contributed by atoms with E-state index in [1.807, 2.05) is 24.3 Å². The van der Waals surface area contributed by atoms with Crippen LogP contribution in [0.25, 0.3) is 0 Å². The van der Waals surface area contributed by atoms with Crippen molar-refractivity contribution < 1.29 is 4.79 Å². The third kappa shape index (κ3) is 5.46. The van der Waals surface area contributed by atoms with E-state index in [4.69, 9.17) is 0 Å². The van der Waals surface area contributed by atoms with Crippen molar-refractivity contribution in [3.05, 3.63) is 83.4 Å². The van der Waals surface area contributed by atoms with Crippen molar-refractivity contribution in [3.8, 4) is 0 Å². The van der Waals surface area contributed by atoms with Gasteiger partial charge in [-0.25, -0.2) is 0 Å². The fourth-order valence-electron chi connectivity index (χ4n) is 4.08. The zero-order valence-corrected chi connectivity index (χ0v) is 17.7. The van der Waals surface area contributed by atoms with E-state index in [0.29, 0.717) is 6.54 Å². The molecule has 0 aromatic heterocycles. The Morgan fingerprint density at radius 1 is 1.00 bits per heavy atom. The number of hydrogen-bond acceptors (Lipinski definition) is 2. The molecule has 4 heteroatoms. The van der Waals surface area contributed by atoms with E-state index >= 15 is 0 Å². The lowest BCUT2D eigenvalue weighted by Gasteiger charge is -2.44. The number of nitrogens with zero attached hydrogens (tertiary/aromatic N) is 1. The minimum absolute atomic E-state index is 0. The standard InChI is InChI=1S/C24H30N2O.ClH/c1-26(2)24(22-11-7-4-8-12-22)16-13-21(14-17-24)19-23(27)25-18-15-20-9-5-3-6-10-20;/h3-12,19H,13-18H2,1-2H3,(H,25,27);1H. The molecule has 3 nitrogen and oxygen atoms in total. The van der Waals surface area contributed by atoms with E-state index in [1.165, 1.54) is 16.7 Å². The maximum Gasteiger partial charge on any atom is 0.243 e. The maximum atomic E-state index is 12.3. The quantitative estimate of drug-likeness (QED) is 0.713. The maximum absolute atomic E-state index is 12.3. The number of hydrogen-bond donors (Lipinski definition) is 1. The van der Waals surface area contributed by atoms with Crippen LogP contribution in [0.15, 0.2) is 72.3 Å². The lowest BCUT2D eigenvalue weighted by Crippen LogP contribution is -2.43. The first-order valence-electron chi connectivity index (χ1n) is 9.84. The molecule has 3 rings (SSSR count). The van der Waals surface area contributed by atoms with Gasteiger partial charge in [0.15, 0.2) is 0 Å². The summed E-state index contributed by atoms with van der Waals surface area (Å²) < 4.78 is 0. The second-order valence-electron chi connectivity index (χ2n) is 7.62. The molecule has 0 saturated heterocycles. The molecule has 2 aromatic carbocycles. The van der Waals surface area contributed by atoms with Crippen LogP contribution in [0.5, 0.6) is 0 Å². The molecule has 0 unspecified atom stereocenters. The number of nitrogens with one attached hydrogen (secondary N) is 1. The highest BCUT2D eigenvalue weighted by Gasteiger charge is 2.37. The lowest BCUT2D eigenvalue weighted by molar-refractivity contribution is -0.116. The molecule has 28 heavy (non-hydrogen) atoms. The molecule has 1 aliphatic rings. The van der Waals surface area contributed by atoms with Crippen molar-refractivity contribution in [2.75, 3.05) is 20.6 Å². The fraction of sp³-hybridized carbons (Fsp3) is 0.375. The SMILES string of the molecule is CN(C)C1(c2ccccc2)CCC(=CC(=O)NCCc2ccccc2)CC1.Cl.